The lowest BCUT2D eigenvalue weighted by Crippen LogP contribution is -2.13. The molecule has 0 spiro atoms. The summed E-state index contributed by atoms with van der Waals surface area (Å²) in [6, 6.07) is 4.81. The van der Waals surface area contributed by atoms with Crippen molar-refractivity contribution in [2.75, 3.05) is 7.11 Å². The fourth-order valence-electron chi connectivity index (χ4n) is 0.843. The van der Waals surface area contributed by atoms with Crippen molar-refractivity contribution in [3.63, 3.8) is 0 Å². The van der Waals surface area contributed by atoms with Crippen molar-refractivity contribution in [3.05, 3.63) is 29.6 Å². The number of aromatic carboxylic acids is 1. The molecule has 0 atom stereocenters. The van der Waals surface area contributed by atoms with E-state index in [1.807, 2.05) is 0 Å². The molecule has 0 aliphatic heterocycles. The van der Waals surface area contributed by atoms with E-state index < -0.39 is 5.97 Å². The van der Waals surface area contributed by atoms with Gasteiger partial charge < -0.3 is 9.94 Å². The molecule has 0 saturated heterocycles. The Hall–Kier alpha value is -1.46. The number of pyridine rings is 1. The van der Waals surface area contributed by atoms with Crippen molar-refractivity contribution < 1.29 is 14.7 Å². The standard InChI is InChI=1S/C8H10N2O3/c1-13-9-5-6-3-2-4-7(10-6)8(11)12/h2-4,9H,5H2,1H3,(H,11,12). The number of rotatable bonds is 4. The molecule has 13 heavy (non-hydrogen) atoms. The Kier molecular flexibility index (Phi) is 3.36. The number of nitrogens with one attached hydrogen (secondary N) is 1. The molecule has 1 aromatic heterocycles. The number of hydroxylamine groups is 1. The van der Waals surface area contributed by atoms with E-state index in [1.165, 1.54) is 13.2 Å². The van der Waals surface area contributed by atoms with Crippen LogP contribution in [0.1, 0.15) is 16.2 Å². The van der Waals surface area contributed by atoms with E-state index in [9.17, 15) is 4.79 Å². The van der Waals surface area contributed by atoms with Crippen molar-refractivity contribution in [2.24, 2.45) is 0 Å². The van der Waals surface area contributed by atoms with Crippen LogP contribution in [0.4, 0.5) is 0 Å². The van der Waals surface area contributed by atoms with Crippen molar-refractivity contribution in [1.29, 1.82) is 0 Å². The second kappa shape index (κ2) is 4.54. The molecule has 0 aliphatic carbocycles. The van der Waals surface area contributed by atoms with E-state index >= 15 is 0 Å². The van der Waals surface area contributed by atoms with Gasteiger partial charge in [-0.1, -0.05) is 6.07 Å². The molecule has 70 valence electrons. The molecule has 0 fully saturated rings. The topological polar surface area (TPSA) is 71.5 Å². The van der Waals surface area contributed by atoms with Crippen LogP contribution in [0.3, 0.4) is 0 Å². The molecule has 0 bridgehead atoms. The van der Waals surface area contributed by atoms with Gasteiger partial charge in [-0.15, -0.1) is 0 Å². The second-order valence-electron chi connectivity index (χ2n) is 2.34. The van der Waals surface area contributed by atoms with Crippen LogP contribution in [0.2, 0.25) is 0 Å². The van der Waals surface area contributed by atoms with E-state index in [2.05, 4.69) is 15.3 Å². The molecule has 0 aromatic carbocycles. The van der Waals surface area contributed by atoms with Crippen LogP contribution in [0.25, 0.3) is 0 Å². The zero-order chi connectivity index (χ0) is 9.68. The first kappa shape index (κ1) is 9.63. The lowest BCUT2D eigenvalue weighted by molar-refractivity contribution is 0.0687. The van der Waals surface area contributed by atoms with E-state index in [0.29, 0.717) is 12.2 Å². The summed E-state index contributed by atoms with van der Waals surface area (Å²) in [6.45, 7) is 0.387. The summed E-state index contributed by atoms with van der Waals surface area (Å²) in [6.07, 6.45) is 0. The number of carboxylic acids is 1. The van der Waals surface area contributed by atoms with Crippen molar-refractivity contribution in [2.45, 2.75) is 6.54 Å². The van der Waals surface area contributed by atoms with Crippen LogP contribution < -0.4 is 5.48 Å². The minimum Gasteiger partial charge on any atom is -0.477 e. The highest BCUT2D eigenvalue weighted by Gasteiger charge is 2.04. The first-order valence-electron chi connectivity index (χ1n) is 3.69. The Labute approximate surface area is 75.3 Å². The van der Waals surface area contributed by atoms with Crippen LogP contribution in [-0.4, -0.2) is 23.2 Å². The maximum atomic E-state index is 10.5. The summed E-state index contributed by atoms with van der Waals surface area (Å²) in [5.74, 6) is -1.03. The van der Waals surface area contributed by atoms with Gasteiger partial charge >= 0.3 is 5.97 Å². The molecule has 0 radical (unpaired) electrons. The lowest BCUT2D eigenvalue weighted by Gasteiger charge is -2.01. The number of carboxylic acid groups (broad SMARTS) is 1. The summed E-state index contributed by atoms with van der Waals surface area (Å²) < 4.78 is 0. The van der Waals surface area contributed by atoms with Gasteiger partial charge in [0, 0.05) is 0 Å². The third-order valence-electron chi connectivity index (χ3n) is 1.42. The highest BCUT2D eigenvalue weighted by Crippen LogP contribution is 1.98. The molecule has 1 aromatic rings. The van der Waals surface area contributed by atoms with Gasteiger partial charge in [0.2, 0.25) is 0 Å². The molecule has 0 saturated carbocycles. The number of carbonyl (C=O) groups is 1. The van der Waals surface area contributed by atoms with Crippen LogP contribution in [0.5, 0.6) is 0 Å². The third-order valence-corrected chi connectivity index (χ3v) is 1.42. The molecule has 2 N–H and O–H groups in total. The zero-order valence-electron chi connectivity index (χ0n) is 7.15. The fraction of sp³-hybridized carbons (Fsp3) is 0.250. The Morgan fingerprint density at radius 2 is 2.46 bits per heavy atom. The average molecular weight is 182 g/mol. The minimum atomic E-state index is -1.03. The molecule has 5 nitrogen and oxygen atoms in total. The van der Waals surface area contributed by atoms with Crippen LogP contribution in [0, 0.1) is 0 Å². The first-order chi connectivity index (χ1) is 6.24. The Bertz CT molecular complexity index is 301. The molecule has 0 amide bonds. The molecule has 5 heteroatoms. The van der Waals surface area contributed by atoms with Gasteiger partial charge in [-0.2, -0.15) is 5.48 Å². The quantitative estimate of drug-likeness (QED) is 0.661. The predicted molar refractivity (Wildman–Crippen MR) is 45.0 cm³/mol. The number of nitrogens with zero attached hydrogens (tertiary/aromatic N) is 1. The molecular weight excluding hydrogens is 172 g/mol. The van der Waals surface area contributed by atoms with Crippen LogP contribution in [-0.2, 0) is 11.4 Å². The summed E-state index contributed by atoms with van der Waals surface area (Å²) in [7, 11) is 1.49. The fourth-order valence-corrected chi connectivity index (χ4v) is 0.843. The minimum absolute atomic E-state index is 0.0374. The van der Waals surface area contributed by atoms with E-state index in [1.54, 1.807) is 12.1 Å². The lowest BCUT2D eigenvalue weighted by atomic mass is 10.3. The van der Waals surface area contributed by atoms with Crippen LogP contribution >= 0.6 is 0 Å². The van der Waals surface area contributed by atoms with Crippen molar-refractivity contribution in [1.82, 2.24) is 10.5 Å². The molecule has 1 heterocycles. The summed E-state index contributed by atoms with van der Waals surface area (Å²) >= 11 is 0. The van der Waals surface area contributed by atoms with E-state index in [4.69, 9.17) is 5.11 Å². The third kappa shape index (κ3) is 2.81. The summed E-state index contributed by atoms with van der Waals surface area (Å²) in [5.41, 5.74) is 3.24. The van der Waals surface area contributed by atoms with Gasteiger partial charge in [-0.25, -0.2) is 9.78 Å². The number of aromatic nitrogens is 1. The number of hydrogen-bond acceptors (Lipinski definition) is 4. The molecule has 1 rings (SSSR count). The molecular formula is C8H10N2O3. The first-order valence-corrected chi connectivity index (χ1v) is 3.69. The van der Waals surface area contributed by atoms with Crippen LogP contribution in [0.15, 0.2) is 18.2 Å². The molecule has 0 unspecified atom stereocenters. The zero-order valence-corrected chi connectivity index (χ0v) is 7.15. The second-order valence-corrected chi connectivity index (χ2v) is 2.34. The predicted octanol–water partition coefficient (Wildman–Crippen LogP) is 0.431. The highest BCUT2D eigenvalue weighted by atomic mass is 16.6. The maximum Gasteiger partial charge on any atom is 0.354 e. The van der Waals surface area contributed by atoms with Gasteiger partial charge in [0.05, 0.1) is 19.3 Å². The summed E-state index contributed by atoms with van der Waals surface area (Å²) in [5, 5.41) is 8.62. The van der Waals surface area contributed by atoms with Crippen molar-refractivity contribution >= 4 is 5.97 Å². The SMILES string of the molecule is CONCc1cccc(C(=O)O)n1. The van der Waals surface area contributed by atoms with E-state index in [0.717, 1.165) is 0 Å². The Morgan fingerprint density at radius 1 is 1.69 bits per heavy atom. The monoisotopic (exact) mass is 182 g/mol. The van der Waals surface area contributed by atoms with Crippen molar-refractivity contribution in [3.8, 4) is 0 Å². The van der Waals surface area contributed by atoms with Gasteiger partial charge in [-0.3, -0.25) is 0 Å². The maximum absolute atomic E-state index is 10.5. The summed E-state index contributed by atoms with van der Waals surface area (Å²) in [4.78, 5) is 19.0. The normalized spacial score (nSPS) is 9.92. The average Bonchev–Trinajstić information content (AvgIpc) is 2.15. The largest absolute Gasteiger partial charge is 0.477 e. The smallest absolute Gasteiger partial charge is 0.354 e. The van der Waals surface area contributed by atoms with E-state index in [-0.39, 0.29) is 5.69 Å². The van der Waals surface area contributed by atoms with Gasteiger partial charge in [-0.05, 0) is 12.1 Å². The van der Waals surface area contributed by atoms with Gasteiger partial charge in [0.25, 0.3) is 0 Å². The van der Waals surface area contributed by atoms with Gasteiger partial charge in [0.1, 0.15) is 5.69 Å². The molecule has 0 aliphatic rings. The Balaban J connectivity index is 2.73. The number of hydrogen-bond donors (Lipinski definition) is 2. The Morgan fingerprint density at radius 3 is 3.08 bits per heavy atom. The van der Waals surface area contributed by atoms with Gasteiger partial charge in [0.15, 0.2) is 0 Å². The highest BCUT2D eigenvalue weighted by molar-refractivity contribution is 5.85.